The Labute approximate surface area is 307 Å². The summed E-state index contributed by atoms with van der Waals surface area (Å²) in [5.74, 6) is 4.06. The first-order valence-corrected chi connectivity index (χ1v) is 21.4. The van der Waals surface area contributed by atoms with Gasteiger partial charge in [0.2, 0.25) is 23.6 Å². The Morgan fingerprint density at radius 3 is 1.90 bits per heavy atom. The van der Waals surface area contributed by atoms with E-state index in [-0.39, 0.29) is 58.3 Å². The lowest BCUT2D eigenvalue weighted by Gasteiger charge is -2.48. The van der Waals surface area contributed by atoms with Crippen molar-refractivity contribution in [1.29, 1.82) is 0 Å². The second kappa shape index (κ2) is 14.3. The van der Waals surface area contributed by atoms with Crippen LogP contribution in [0.5, 0.6) is 11.5 Å². The Morgan fingerprint density at radius 2 is 1.30 bits per heavy atom. The molecule has 2 amide bonds. The Balaban J connectivity index is 0.908. The Morgan fingerprint density at radius 1 is 0.760 bits per heavy atom. The average molecular weight is 757 g/mol. The van der Waals surface area contributed by atoms with Crippen LogP contribution in [0.4, 0.5) is 0 Å². The standard InChI is InChI=1S/C34H40N6O6S4/c1-37-19(15-47-33(37)23-14-45-30(36-23)22-8-4-6-10-27(22)42)12-39-24-17-49-50-18-25(31(39)43)40(32(24)44)13-20-16-48-34(38(20)2)28-11-35-29(46-28)21-7-3-5-9-26(21)41/h3-10,19-20,23-25,28,33-34,41-42H,11-18H2,1-2H3. The molecule has 2 aromatic carbocycles. The number of thioether (sulfide) groups is 2. The fourth-order valence-electron chi connectivity index (χ4n) is 7.49. The molecule has 8 atom stereocenters. The summed E-state index contributed by atoms with van der Waals surface area (Å²) < 4.78 is 12.2. The van der Waals surface area contributed by atoms with Crippen LogP contribution < -0.4 is 0 Å². The normalized spacial score (nSPS) is 33.3. The molecule has 16 heteroatoms. The number of amides is 2. The summed E-state index contributed by atoms with van der Waals surface area (Å²) >= 11 is 3.60. The van der Waals surface area contributed by atoms with Gasteiger partial charge in [0.1, 0.15) is 42.3 Å². The molecule has 7 heterocycles. The van der Waals surface area contributed by atoms with Crippen molar-refractivity contribution in [2.75, 3.05) is 63.3 Å². The van der Waals surface area contributed by atoms with Gasteiger partial charge >= 0.3 is 0 Å². The van der Waals surface area contributed by atoms with Crippen molar-refractivity contribution in [2.45, 2.75) is 47.1 Å². The lowest BCUT2D eigenvalue weighted by atomic mass is 10.0. The minimum absolute atomic E-state index is 0.0393. The molecule has 2 aromatic rings. The van der Waals surface area contributed by atoms with E-state index < -0.39 is 12.1 Å². The zero-order valence-electron chi connectivity index (χ0n) is 27.7. The summed E-state index contributed by atoms with van der Waals surface area (Å²) in [4.78, 5) is 46.2. The fourth-order valence-corrected chi connectivity index (χ4v) is 13.0. The zero-order valence-corrected chi connectivity index (χ0v) is 31.0. The van der Waals surface area contributed by atoms with Gasteiger partial charge < -0.3 is 29.5 Å². The molecule has 0 aliphatic carbocycles. The molecule has 266 valence electrons. The second-order valence-electron chi connectivity index (χ2n) is 13.3. The van der Waals surface area contributed by atoms with E-state index in [1.165, 1.54) is 0 Å². The summed E-state index contributed by atoms with van der Waals surface area (Å²) in [7, 11) is 7.50. The maximum atomic E-state index is 14.3. The number of ether oxygens (including phenoxy) is 2. The van der Waals surface area contributed by atoms with Gasteiger partial charge in [-0.25, -0.2) is 9.98 Å². The summed E-state index contributed by atoms with van der Waals surface area (Å²) in [6.45, 7) is 1.91. The van der Waals surface area contributed by atoms with Gasteiger partial charge in [-0.05, 0) is 38.4 Å². The van der Waals surface area contributed by atoms with Crippen LogP contribution in [0.15, 0.2) is 58.5 Å². The van der Waals surface area contributed by atoms with E-state index in [4.69, 9.17) is 14.5 Å². The highest BCUT2D eigenvalue weighted by molar-refractivity contribution is 8.76. The first-order valence-electron chi connectivity index (χ1n) is 16.8. The van der Waals surface area contributed by atoms with E-state index in [0.717, 1.165) is 11.5 Å². The number of carbonyl (C=O) groups excluding carboxylic acids is 2. The smallest absolute Gasteiger partial charge is 0.247 e. The average Bonchev–Trinajstić information content (AvgIpc) is 3.92. The summed E-state index contributed by atoms with van der Waals surface area (Å²) in [5.41, 5.74) is 1.19. The molecule has 5 saturated heterocycles. The predicted octanol–water partition coefficient (Wildman–Crippen LogP) is 2.64. The Hall–Kier alpha value is -2.76. The number of fused-ring (bicyclic) bond motifs is 5. The molecule has 9 rings (SSSR count). The number of benzene rings is 2. The van der Waals surface area contributed by atoms with E-state index in [2.05, 4.69) is 28.9 Å². The minimum Gasteiger partial charge on any atom is -0.507 e. The Bertz CT molecular complexity index is 1700. The molecule has 7 aliphatic heterocycles. The third-order valence-corrected chi connectivity index (χ3v) is 15.9. The topological polar surface area (TPSA) is 131 Å². The minimum atomic E-state index is -0.503. The van der Waals surface area contributed by atoms with Gasteiger partial charge in [-0.2, -0.15) is 0 Å². The van der Waals surface area contributed by atoms with Crippen molar-refractivity contribution < 1.29 is 29.3 Å². The molecule has 2 N–H and O–H groups in total. The highest BCUT2D eigenvalue weighted by Crippen LogP contribution is 2.40. The van der Waals surface area contributed by atoms with Gasteiger partial charge in [-0.3, -0.25) is 19.4 Å². The van der Waals surface area contributed by atoms with Crippen molar-refractivity contribution in [3.8, 4) is 11.5 Å². The van der Waals surface area contributed by atoms with E-state index >= 15 is 0 Å². The molecule has 50 heavy (non-hydrogen) atoms. The van der Waals surface area contributed by atoms with Crippen LogP contribution in [0.2, 0.25) is 0 Å². The molecular weight excluding hydrogens is 717 g/mol. The van der Waals surface area contributed by atoms with Crippen LogP contribution in [-0.4, -0.2) is 164 Å². The largest absolute Gasteiger partial charge is 0.507 e. The number of phenolic OH excluding ortho intramolecular Hbond substituents is 2. The number of piperazine rings is 1. The van der Waals surface area contributed by atoms with Gasteiger partial charge in [0.05, 0.1) is 28.4 Å². The van der Waals surface area contributed by atoms with Gasteiger partial charge in [0, 0.05) is 48.2 Å². The van der Waals surface area contributed by atoms with Crippen molar-refractivity contribution in [3.05, 3.63) is 59.7 Å². The second-order valence-corrected chi connectivity index (χ2v) is 18.2. The monoisotopic (exact) mass is 756 g/mol. The molecule has 0 radical (unpaired) electrons. The Kier molecular flexibility index (Phi) is 9.85. The van der Waals surface area contributed by atoms with Gasteiger partial charge in [-0.1, -0.05) is 45.9 Å². The number of hydrogen-bond donors (Lipinski definition) is 2. The quantitative estimate of drug-likeness (QED) is 0.385. The molecule has 7 aliphatic rings. The first kappa shape index (κ1) is 34.3. The molecule has 0 aromatic heterocycles. The van der Waals surface area contributed by atoms with E-state index in [1.807, 2.05) is 21.9 Å². The molecule has 8 unspecified atom stereocenters. The van der Waals surface area contributed by atoms with Crippen LogP contribution in [0.25, 0.3) is 0 Å². The molecule has 0 spiro atoms. The van der Waals surface area contributed by atoms with Crippen LogP contribution in [0, 0.1) is 0 Å². The third kappa shape index (κ3) is 6.33. The van der Waals surface area contributed by atoms with Crippen molar-refractivity contribution in [2.24, 2.45) is 9.98 Å². The molecule has 12 nitrogen and oxygen atoms in total. The lowest BCUT2D eigenvalue weighted by molar-refractivity contribution is -0.161. The van der Waals surface area contributed by atoms with E-state index in [0.29, 0.717) is 60.7 Å². The fraction of sp³-hybridized carbons (Fsp3) is 0.529. The molecule has 2 bridgehead atoms. The van der Waals surface area contributed by atoms with Gasteiger partial charge in [0.25, 0.3) is 0 Å². The predicted molar refractivity (Wildman–Crippen MR) is 200 cm³/mol. The van der Waals surface area contributed by atoms with Crippen molar-refractivity contribution >= 4 is 68.7 Å². The molecule has 0 saturated carbocycles. The number of para-hydroxylation sites is 2. The van der Waals surface area contributed by atoms with Crippen molar-refractivity contribution in [3.63, 3.8) is 0 Å². The first-order chi connectivity index (χ1) is 24.3. The van der Waals surface area contributed by atoms with E-state index in [9.17, 15) is 19.8 Å². The summed E-state index contributed by atoms with van der Waals surface area (Å²) in [6, 6.07) is 13.2. The number of aromatic hydroxyl groups is 2. The zero-order chi connectivity index (χ0) is 34.5. The van der Waals surface area contributed by atoms with Gasteiger partial charge in [0.15, 0.2) is 0 Å². The lowest BCUT2D eigenvalue weighted by Crippen LogP contribution is -2.69. The molecule has 5 fully saturated rings. The SMILES string of the molecule is CN1C(CN2C(=O)C3CSSCC2C(=O)N3CC2CSC(C3CN=C(c4ccccc4O)O3)N2C)CSC1C1COC(c2ccccc2O)=N1. The number of rotatable bonds is 8. The number of phenols is 2. The number of hydrogen-bond acceptors (Lipinski definition) is 14. The molecular formula is C34H40N6O6S4. The number of aliphatic imine (C=N–C) groups is 2. The number of nitrogens with zero attached hydrogens (tertiary/aromatic N) is 6. The maximum absolute atomic E-state index is 14.3. The van der Waals surface area contributed by atoms with Crippen LogP contribution >= 0.6 is 45.1 Å². The highest BCUT2D eigenvalue weighted by Gasteiger charge is 2.51. The maximum Gasteiger partial charge on any atom is 0.247 e. The van der Waals surface area contributed by atoms with Crippen LogP contribution in [-0.2, 0) is 19.1 Å². The van der Waals surface area contributed by atoms with Crippen molar-refractivity contribution in [1.82, 2.24) is 19.6 Å². The highest BCUT2D eigenvalue weighted by atomic mass is 33.1. The van der Waals surface area contributed by atoms with E-state index in [1.54, 1.807) is 81.5 Å². The number of likely N-dealkylation sites (N-methyl/N-ethyl adjacent to an activating group) is 2. The van der Waals surface area contributed by atoms with Gasteiger partial charge in [-0.15, -0.1) is 23.5 Å². The van der Waals surface area contributed by atoms with Crippen LogP contribution in [0.1, 0.15) is 11.1 Å². The summed E-state index contributed by atoms with van der Waals surface area (Å²) in [5, 5.41) is 20.7. The van der Waals surface area contributed by atoms with Crippen LogP contribution in [0.3, 0.4) is 0 Å². The third-order valence-electron chi connectivity index (χ3n) is 10.4. The number of carbonyl (C=O) groups is 2. The summed E-state index contributed by atoms with van der Waals surface area (Å²) in [6.07, 6.45) is -0.170.